The number of benzene rings is 10. The Morgan fingerprint density at radius 2 is 0.716 bits per heavy atom. The first-order valence-corrected chi connectivity index (χ1v) is 26.6. The van der Waals surface area contributed by atoms with Crippen LogP contribution >= 0.6 is 11.6 Å². The van der Waals surface area contributed by atoms with Crippen molar-refractivity contribution >= 4 is 77.4 Å². The zero-order valence-electron chi connectivity index (χ0n) is 43.0. The van der Waals surface area contributed by atoms with E-state index in [0.717, 1.165) is 82.8 Å². The fourth-order valence-corrected chi connectivity index (χ4v) is 10.2. The SMILES string of the molecule is Clc1nc(-c2ccccc2)nc(-c2ccccc2)n1.c1ccc(-c2nc(-c3ccccc3)nc(-n3c4ccccc4c4ccc5oc(-c6ccccc6)nc5c43)n2)cc1.c1ccc(-c2nc3c(ccc4c5ccccc5[nH]c43)o2)cc1. The van der Waals surface area contributed by atoms with E-state index < -0.39 is 0 Å². The van der Waals surface area contributed by atoms with Gasteiger partial charge in [0.15, 0.2) is 34.5 Å². The second-order valence-corrected chi connectivity index (χ2v) is 19.3. The average molecular weight is 1070 g/mol. The minimum atomic E-state index is 0.202. The summed E-state index contributed by atoms with van der Waals surface area (Å²) >= 11 is 5.99. The Bertz CT molecular complexity index is 4760. The van der Waals surface area contributed by atoms with Crippen molar-refractivity contribution in [1.82, 2.24) is 49.4 Å². The Hall–Kier alpha value is -11.0. The Labute approximate surface area is 467 Å². The standard InChI is InChI=1S/C34H21N5O.C19H12N2O.C15H10ClN3/c1-4-12-22(13-5-1)31-36-32(23-14-6-2-7-15-23)38-34(37-31)39-27-19-11-10-18-25(27)26-20-21-28-29(30(26)39)35-33(40-28)24-16-8-3-9-17-24;1-2-6-12(7-3-1)19-21-18-16(22-19)11-10-14-13-8-4-5-9-15(13)20-17(14)18;16-15-18-13(11-7-3-1-4-8-11)17-14(19-15)12-9-5-2-6-10-12/h1-21H;1-11,20H;1-10H. The number of nitrogens with zero attached hydrogens (tertiary/aromatic N) is 9. The van der Waals surface area contributed by atoms with Gasteiger partial charge in [0.2, 0.25) is 23.0 Å². The number of aromatic amines is 1. The van der Waals surface area contributed by atoms with Gasteiger partial charge in [-0.2, -0.15) is 19.9 Å². The van der Waals surface area contributed by atoms with Crippen LogP contribution in [0.3, 0.4) is 0 Å². The molecule has 6 heterocycles. The number of hydrogen-bond acceptors (Lipinski definition) is 10. The summed E-state index contributed by atoms with van der Waals surface area (Å²) in [5, 5.41) is 4.73. The predicted molar refractivity (Wildman–Crippen MR) is 323 cm³/mol. The largest absolute Gasteiger partial charge is 0.436 e. The second-order valence-electron chi connectivity index (χ2n) is 18.9. The lowest BCUT2D eigenvalue weighted by atomic mass is 10.1. The predicted octanol–water partition coefficient (Wildman–Crippen LogP) is 17.1. The molecule has 81 heavy (non-hydrogen) atoms. The van der Waals surface area contributed by atoms with E-state index in [1.807, 2.05) is 212 Å². The van der Waals surface area contributed by atoms with Gasteiger partial charge in [0, 0.05) is 60.4 Å². The molecule has 0 spiro atoms. The average Bonchev–Trinajstić information content (AvgIpc) is 4.53. The van der Waals surface area contributed by atoms with Crippen molar-refractivity contribution in [2.45, 2.75) is 0 Å². The van der Waals surface area contributed by atoms with Crippen LogP contribution in [-0.4, -0.2) is 49.4 Å². The van der Waals surface area contributed by atoms with Gasteiger partial charge < -0.3 is 13.8 Å². The smallest absolute Gasteiger partial charge is 0.238 e. The molecule has 0 atom stereocenters. The van der Waals surface area contributed by atoms with Gasteiger partial charge in [-0.05, 0) is 72.3 Å². The fourth-order valence-electron chi connectivity index (χ4n) is 10.0. The van der Waals surface area contributed by atoms with Gasteiger partial charge in [-0.25, -0.2) is 19.9 Å². The van der Waals surface area contributed by atoms with E-state index in [4.69, 9.17) is 45.4 Å². The third-order valence-electron chi connectivity index (χ3n) is 13.8. The zero-order chi connectivity index (χ0) is 54.1. The first-order valence-electron chi connectivity index (χ1n) is 26.2. The summed E-state index contributed by atoms with van der Waals surface area (Å²) < 4.78 is 14.3. The zero-order valence-corrected chi connectivity index (χ0v) is 43.7. The highest BCUT2D eigenvalue weighted by Crippen LogP contribution is 2.38. The summed E-state index contributed by atoms with van der Waals surface area (Å²) in [6, 6.07) is 84.1. The molecule has 6 aromatic heterocycles. The first-order chi connectivity index (χ1) is 40.1. The van der Waals surface area contributed by atoms with Gasteiger partial charge in [-0.15, -0.1) is 0 Å². The monoisotopic (exact) mass is 1070 g/mol. The number of oxazole rings is 2. The third kappa shape index (κ3) is 9.47. The molecule has 13 heteroatoms. The maximum Gasteiger partial charge on any atom is 0.238 e. The highest BCUT2D eigenvalue weighted by molar-refractivity contribution is 6.28. The number of hydrogen-bond donors (Lipinski definition) is 1. The van der Waals surface area contributed by atoms with Gasteiger partial charge in [0.25, 0.3) is 0 Å². The summed E-state index contributed by atoms with van der Waals surface area (Å²) in [6.07, 6.45) is 0. The number of H-pyrrole nitrogens is 1. The van der Waals surface area contributed by atoms with E-state index in [2.05, 4.69) is 67.0 Å². The lowest BCUT2D eigenvalue weighted by molar-refractivity contribution is 0.619. The van der Waals surface area contributed by atoms with Crippen LogP contribution in [0.4, 0.5) is 0 Å². The molecule has 0 aliphatic rings. The van der Waals surface area contributed by atoms with E-state index in [1.165, 1.54) is 10.8 Å². The first kappa shape index (κ1) is 48.4. The van der Waals surface area contributed by atoms with Gasteiger partial charge in [0.1, 0.15) is 11.0 Å². The molecule has 0 amide bonds. The summed E-state index contributed by atoms with van der Waals surface area (Å²) in [4.78, 5) is 40.9. The third-order valence-corrected chi connectivity index (χ3v) is 14.0. The van der Waals surface area contributed by atoms with Gasteiger partial charge in [-0.3, -0.25) is 4.57 Å². The van der Waals surface area contributed by atoms with Crippen molar-refractivity contribution in [1.29, 1.82) is 0 Å². The molecule has 16 aromatic rings. The molecule has 384 valence electrons. The van der Waals surface area contributed by atoms with Crippen LogP contribution in [0.5, 0.6) is 0 Å². The van der Waals surface area contributed by atoms with E-state index >= 15 is 0 Å². The number of nitrogens with one attached hydrogen (secondary N) is 1. The minimum Gasteiger partial charge on any atom is -0.436 e. The number of aromatic nitrogens is 10. The molecule has 10 aromatic carbocycles. The van der Waals surface area contributed by atoms with Crippen LogP contribution in [-0.2, 0) is 0 Å². The van der Waals surface area contributed by atoms with Crippen LogP contribution in [0.15, 0.2) is 264 Å². The molecular formula is C68H43ClN10O2. The quantitative estimate of drug-likeness (QED) is 0.163. The fraction of sp³-hybridized carbons (Fsp3) is 0. The Kier molecular flexibility index (Phi) is 12.6. The number of halogens is 1. The highest BCUT2D eigenvalue weighted by atomic mass is 35.5. The molecule has 0 bridgehead atoms. The van der Waals surface area contributed by atoms with Crippen molar-refractivity contribution in [3.05, 3.63) is 260 Å². The normalized spacial score (nSPS) is 11.3. The molecule has 12 nitrogen and oxygen atoms in total. The minimum absolute atomic E-state index is 0.202. The summed E-state index contributed by atoms with van der Waals surface area (Å²) in [5.74, 6) is 4.13. The van der Waals surface area contributed by atoms with Crippen LogP contribution in [0, 0.1) is 0 Å². The molecule has 1 N–H and O–H groups in total. The summed E-state index contributed by atoms with van der Waals surface area (Å²) in [6.45, 7) is 0. The molecule has 0 unspecified atom stereocenters. The Balaban J connectivity index is 0.000000121. The van der Waals surface area contributed by atoms with Gasteiger partial charge >= 0.3 is 0 Å². The molecule has 0 fully saturated rings. The lowest BCUT2D eigenvalue weighted by Crippen LogP contribution is -2.06. The summed E-state index contributed by atoms with van der Waals surface area (Å²) in [7, 11) is 0. The van der Waals surface area contributed by atoms with Gasteiger partial charge in [0.05, 0.1) is 16.6 Å². The van der Waals surface area contributed by atoms with Crippen molar-refractivity contribution < 1.29 is 8.83 Å². The molecular weight excluding hydrogens is 1020 g/mol. The molecule has 0 radical (unpaired) electrons. The van der Waals surface area contributed by atoms with Crippen LogP contribution < -0.4 is 0 Å². The van der Waals surface area contributed by atoms with Gasteiger partial charge in [-0.1, -0.05) is 194 Å². The van der Waals surface area contributed by atoms with Crippen molar-refractivity contribution in [2.75, 3.05) is 0 Å². The Morgan fingerprint density at radius 1 is 0.321 bits per heavy atom. The highest BCUT2D eigenvalue weighted by Gasteiger charge is 2.22. The maximum atomic E-state index is 6.26. The van der Waals surface area contributed by atoms with E-state index in [-0.39, 0.29) is 5.28 Å². The lowest BCUT2D eigenvalue weighted by Gasteiger charge is -2.10. The number of rotatable bonds is 7. The van der Waals surface area contributed by atoms with Crippen LogP contribution in [0.1, 0.15) is 0 Å². The van der Waals surface area contributed by atoms with Crippen LogP contribution in [0.2, 0.25) is 5.28 Å². The van der Waals surface area contributed by atoms with E-state index in [0.29, 0.717) is 46.6 Å². The maximum absolute atomic E-state index is 6.26. The van der Waals surface area contributed by atoms with Crippen molar-refractivity contribution in [3.8, 4) is 74.4 Å². The van der Waals surface area contributed by atoms with Crippen LogP contribution in [0.25, 0.3) is 140 Å². The van der Waals surface area contributed by atoms with E-state index in [1.54, 1.807) is 0 Å². The molecule has 16 rings (SSSR count). The summed E-state index contributed by atoms with van der Waals surface area (Å²) in [5.41, 5.74) is 12.8. The van der Waals surface area contributed by atoms with Crippen molar-refractivity contribution in [2.24, 2.45) is 0 Å². The molecule has 0 aliphatic heterocycles. The molecule has 0 saturated carbocycles. The topological polar surface area (TPSA) is 150 Å². The Morgan fingerprint density at radius 3 is 1.22 bits per heavy atom. The molecule has 0 aliphatic carbocycles. The number of fused-ring (bicyclic) bond motifs is 10. The second kappa shape index (κ2) is 21.1. The van der Waals surface area contributed by atoms with Crippen molar-refractivity contribution in [3.63, 3.8) is 0 Å². The molecule has 0 saturated heterocycles. The number of para-hydroxylation sites is 2. The van der Waals surface area contributed by atoms with E-state index in [9.17, 15) is 0 Å².